The zero-order valence-electron chi connectivity index (χ0n) is 15.0. The zero-order valence-corrected chi connectivity index (χ0v) is 15.9. The molecule has 1 N–H and O–H groups in total. The minimum absolute atomic E-state index is 0.0855. The summed E-state index contributed by atoms with van der Waals surface area (Å²) >= 11 is 1.27. The highest BCUT2D eigenvalue weighted by Gasteiger charge is 2.19. The number of aryl methyl sites for hydroxylation is 3. The highest BCUT2D eigenvalue weighted by molar-refractivity contribution is 7.17. The number of nitrogens with one attached hydrogen (secondary N) is 1. The quantitative estimate of drug-likeness (QED) is 0.620. The monoisotopic (exact) mass is 388 g/mol. The lowest BCUT2D eigenvalue weighted by atomic mass is 10.1. The van der Waals surface area contributed by atoms with Crippen molar-refractivity contribution in [2.75, 3.05) is 5.32 Å². The fraction of sp³-hybridized carbons (Fsp3) is 0.200. The van der Waals surface area contributed by atoms with Gasteiger partial charge in [-0.25, -0.2) is 4.98 Å². The predicted molar refractivity (Wildman–Crippen MR) is 103 cm³/mol. The van der Waals surface area contributed by atoms with Crippen molar-refractivity contribution in [3.63, 3.8) is 0 Å². The normalized spacial score (nSPS) is 10.9. The Balaban J connectivity index is 1.88. The van der Waals surface area contributed by atoms with E-state index in [9.17, 15) is 13.6 Å². The van der Waals surface area contributed by atoms with Crippen LogP contribution < -0.4 is 10.1 Å². The van der Waals surface area contributed by atoms with E-state index in [1.807, 2.05) is 26.0 Å². The van der Waals surface area contributed by atoms with Crippen molar-refractivity contribution < 1.29 is 18.3 Å². The molecule has 0 fully saturated rings. The summed E-state index contributed by atoms with van der Waals surface area (Å²) in [6, 6.07) is 12.1. The maximum absolute atomic E-state index is 12.7. The fourth-order valence-corrected chi connectivity index (χ4v) is 3.78. The minimum Gasteiger partial charge on any atom is -0.433 e. The lowest BCUT2D eigenvalue weighted by molar-refractivity contribution is -0.0493. The van der Waals surface area contributed by atoms with Crippen molar-refractivity contribution in [2.24, 2.45) is 0 Å². The molecule has 0 aliphatic heterocycles. The van der Waals surface area contributed by atoms with E-state index >= 15 is 0 Å². The second-order valence-electron chi connectivity index (χ2n) is 6.08. The maximum Gasteiger partial charge on any atom is 0.387 e. The molecule has 3 rings (SSSR count). The van der Waals surface area contributed by atoms with Crippen LogP contribution in [0.1, 0.15) is 26.5 Å². The van der Waals surface area contributed by atoms with Crippen LogP contribution in [0.15, 0.2) is 42.5 Å². The number of nitrogens with zero attached hydrogens (tertiary/aromatic N) is 1. The van der Waals surface area contributed by atoms with Gasteiger partial charge in [0, 0.05) is 5.56 Å². The Morgan fingerprint density at radius 3 is 2.59 bits per heavy atom. The van der Waals surface area contributed by atoms with Crippen LogP contribution in [-0.2, 0) is 0 Å². The summed E-state index contributed by atoms with van der Waals surface area (Å²) in [5.74, 6) is -0.496. The molecule has 1 amide bonds. The molecule has 1 aromatic heterocycles. The van der Waals surface area contributed by atoms with Crippen LogP contribution in [-0.4, -0.2) is 17.5 Å². The van der Waals surface area contributed by atoms with E-state index in [1.165, 1.54) is 23.5 Å². The third-order valence-electron chi connectivity index (χ3n) is 3.97. The third kappa shape index (κ3) is 4.31. The van der Waals surface area contributed by atoms with E-state index < -0.39 is 12.5 Å². The van der Waals surface area contributed by atoms with Crippen LogP contribution >= 0.6 is 11.3 Å². The van der Waals surface area contributed by atoms with Crippen molar-refractivity contribution >= 4 is 22.9 Å². The van der Waals surface area contributed by atoms with E-state index in [0.717, 1.165) is 21.7 Å². The molecule has 3 aromatic rings. The van der Waals surface area contributed by atoms with Gasteiger partial charge in [0.2, 0.25) is 0 Å². The molecule has 0 saturated carbocycles. The van der Waals surface area contributed by atoms with Gasteiger partial charge in [-0.15, -0.1) is 11.3 Å². The Morgan fingerprint density at radius 2 is 1.89 bits per heavy atom. The number of para-hydroxylation sites is 2. The summed E-state index contributed by atoms with van der Waals surface area (Å²) in [7, 11) is 0. The zero-order chi connectivity index (χ0) is 19.6. The summed E-state index contributed by atoms with van der Waals surface area (Å²) in [4.78, 5) is 17.6. The van der Waals surface area contributed by atoms with Crippen molar-refractivity contribution in [1.29, 1.82) is 0 Å². The molecule has 0 unspecified atom stereocenters. The SMILES string of the molecule is Cc1ccc(-c2nc(C)c(C(=O)Nc3ccccc3OC(F)F)s2)c(C)c1. The number of halogens is 2. The van der Waals surface area contributed by atoms with Crippen LogP contribution in [0.3, 0.4) is 0 Å². The number of aromatic nitrogens is 1. The van der Waals surface area contributed by atoms with Crippen LogP contribution in [0.5, 0.6) is 5.75 Å². The number of alkyl halides is 2. The molecular weight excluding hydrogens is 370 g/mol. The van der Waals surface area contributed by atoms with E-state index in [1.54, 1.807) is 19.1 Å². The van der Waals surface area contributed by atoms with Crippen LogP contribution in [0, 0.1) is 20.8 Å². The Kier molecular flexibility index (Phi) is 5.51. The average Bonchev–Trinajstić information content (AvgIpc) is 2.97. The molecule has 0 radical (unpaired) electrons. The predicted octanol–water partition coefficient (Wildman–Crippen LogP) is 5.59. The topological polar surface area (TPSA) is 51.2 Å². The molecule has 0 atom stereocenters. The number of hydrogen-bond acceptors (Lipinski definition) is 4. The Bertz CT molecular complexity index is 986. The molecule has 7 heteroatoms. The van der Waals surface area contributed by atoms with E-state index in [2.05, 4.69) is 21.1 Å². The first-order valence-corrected chi connectivity index (χ1v) is 9.07. The van der Waals surface area contributed by atoms with Crippen LogP contribution in [0.2, 0.25) is 0 Å². The van der Waals surface area contributed by atoms with Crippen molar-refractivity contribution in [1.82, 2.24) is 4.98 Å². The number of carbonyl (C=O) groups is 1. The molecule has 0 saturated heterocycles. The van der Waals surface area contributed by atoms with Gasteiger partial charge in [0.1, 0.15) is 15.6 Å². The van der Waals surface area contributed by atoms with E-state index in [0.29, 0.717) is 10.6 Å². The van der Waals surface area contributed by atoms with Gasteiger partial charge in [0.05, 0.1) is 11.4 Å². The van der Waals surface area contributed by atoms with Crippen LogP contribution in [0.25, 0.3) is 10.6 Å². The number of ether oxygens (including phenoxy) is 1. The van der Waals surface area contributed by atoms with Crippen molar-refractivity contribution in [3.05, 3.63) is 64.2 Å². The van der Waals surface area contributed by atoms with E-state index in [4.69, 9.17) is 0 Å². The van der Waals surface area contributed by atoms with E-state index in [-0.39, 0.29) is 11.4 Å². The maximum atomic E-state index is 12.7. The first-order chi connectivity index (χ1) is 12.8. The minimum atomic E-state index is -2.97. The lowest BCUT2D eigenvalue weighted by Gasteiger charge is -2.11. The van der Waals surface area contributed by atoms with Gasteiger partial charge in [-0.3, -0.25) is 4.79 Å². The number of rotatable bonds is 5. The second-order valence-corrected chi connectivity index (χ2v) is 7.08. The molecule has 2 aromatic carbocycles. The molecule has 140 valence electrons. The summed E-state index contributed by atoms with van der Waals surface area (Å²) in [5.41, 5.74) is 3.96. The molecule has 27 heavy (non-hydrogen) atoms. The summed E-state index contributed by atoms with van der Waals surface area (Å²) in [5, 5.41) is 3.38. The van der Waals surface area contributed by atoms with Gasteiger partial charge in [-0.2, -0.15) is 8.78 Å². The van der Waals surface area contributed by atoms with Crippen molar-refractivity contribution in [2.45, 2.75) is 27.4 Å². The van der Waals surface area contributed by atoms with Gasteiger partial charge in [0.25, 0.3) is 5.91 Å². The number of carbonyl (C=O) groups excluding carboxylic acids is 1. The van der Waals surface area contributed by atoms with Gasteiger partial charge >= 0.3 is 6.61 Å². The number of amides is 1. The Morgan fingerprint density at radius 1 is 1.15 bits per heavy atom. The van der Waals surface area contributed by atoms with Crippen LogP contribution in [0.4, 0.5) is 14.5 Å². The highest BCUT2D eigenvalue weighted by Crippen LogP contribution is 2.32. The summed E-state index contributed by atoms with van der Waals surface area (Å²) in [6.45, 7) is 2.79. The number of benzene rings is 2. The third-order valence-corrected chi connectivity index (χ3v) is 5.16. The van der Waals surface area contributed by atoms with Gasteiger partial charge in [-0.1, -0.05) is 35.9 Å². The molecular formula is C20H18F2N2O2S. The molecule has 0 bridgehead atoms. The highest BCUT2D eigenvalue weighted by atomic mass is 32.1. The molecule has 1 heterocycles. The Labute approximate surface area is 159 Å². The largest absolute Gasteiger partial charge is 0.433 e. The number of anilines is 1. The first-order valence-electron chi connectivity index (χ1n) is 8.25. The fourth-order valence-electron chi connectivity index (χ4n) is 2.72. The molecule has 0 spiro atoms. The number of hydrogen-bond donors (Lipinski definition) is 1. The van der Waals surface area contributed by atoms with Crippen molar-refractivity contribution in [3.8, 4) is 16.3 Å². The van der Waals surface area contributed by atoms with Gasteiger partial charge in [-0.05, 0) is 38.5 Å². The summed E-state index contributed by atoms with van der Waals surface area (Å²) in [6.07, 6.45) is 0. The standard InChI is InChI=1S/C20H18F2N2O2S/c1-11-8-9-14(12(2)10-11)19-23-13(3)17(27-19)18(25)24-15-6-4-5-7-16(15)26-20(21)22/h4-10,20H,1-3H3,(H,24,25). The number of thiazole rings is 1. The van der Waals surface area contributed by atoms with Gasteiger partial charge in [0.15, 0.2) is 0 Å². The average molecular weight is 388 g/mol. The second kappa shape index (κ2) is 7.84. The lowest BCUT2D eigenvalue weighted by Crippen LogP contribution is -2.13. The summed E-state index contributed by atoms with van der Waals surface area (Å²) < 4.78 is 29.5. The smallest absolute Gasteiger partial charge is 0.387 e. The first kappa shape index (κ1) is 19.0. The molecule has 0 aliphatic carbocycles. The molecule has 0 aliphatic rings. The molecule has 4 nitrogen and oxygen atoms in total. The van der Waals surface area contributed by atoms with Gasteiger partial charge < -0.3 is 10.1 Å². The Hall–Kier alpha value is -2.80.